The lowest BCUT2D eigenvalue weighted by atomic mass is 9.98. The zero-order valence-electron chi connectivity index (χ0n) is 17.8. The van der Waals surface area contributed by atoms with Crippen LogP contribution in [0.5, 0.6) is 0 Å². The van der Waals surface area contributed by atoms with Crippen molar-refractivity contribution in [3.63, 3.8) is 0 Å². The molecular weight excluding hydrogens is 460 g/mol. The summed E-state index contributed by atoms with van der Waals surface area (Å²) < 4.78 is 10.1. The van der Waals surface area contributed by atoms with Gasteiger partial charge in [0.15, 0.2) is 0 Å². The van der Waals surface area contributed by atoms with Crippen LogP contribution in [-0.2, 0) is 9.53 Å². The molecule has 1 fully saturated rings. The second kappa shape index (κ2) is 9.18. The molecule has 0 bridgehead atoms. The summed E-state index contributed by atoms with van der Waals surface area (Å²) >= 11 is 1.45. The Morgan fingerprint density at radius 1 is 1.09 bits per heavy atom. The monoisotopic (exact) mass is 480 g/mol. The summed E-state index contributed by atoms with van der Waals surface area (Å²) in [6.45, 7) is 0.316. The van der Waals surface area contributed by atoms with Gasteiger partial charge in [-0.2, -0.15) is 11.8 Å². The quantitative estimate of drug-likeness (QED) is 0.565. The van der Waals surface area contributed by atoms with E-state index in [1.165, 1.54) is 16.7 Å². The number of aromatic nitrogens is 2. The van der Waals surface area contributed by atoms with Gasteiger partial charge in [0.25, 0.3) is 5.91 Å². The van der Waals surface area contributed by atoms with E-state index in [1.807, 2.05) is 48.5 Å². The molecule has 1 atom stereocenters. The van der Waals surface area contributed by atoms with Crippen LogP contribution in [0.2, 0.25) is 0 Å². The summed E-state index contributed by atoms with van der Waals surface area (Å²) in [7, 11) is 0. The standard InChI is InChI=1S/C23H20N4O6S/c28-21(27-9-10-34-12-18(27)22(29)30)19-20(26-33-25-19)24-23(31)32-11-17-15-7-3-1-5-13(15)14-6-2-4-8-16(14)17/h1-8,17-18H,9-12H2,(H,29,30)(H,24,26,31). The van der Waals surface area contributed by atoms with Gasteiger partial charge in [0.1, 0.15) is 12.6 Å². The van der Waals surface area contributed by atoms with Crippen molar-refractivity contribution in [2.45, 2.75) is 12.0 Å². The number of carbonyl (C=O) groups excluding carboxylic acids is 2. The molecule has 0 radical (unpaired) electrons. The van der Waals surface area contributed by atoms with Crippen LogP contribution in [0.25, 0.3) is 11.1 Å². The molecule has 2 heterocycles. The van der Waals surface area contributed by atoms with Crippen molar-refractivity contribution >= 4 is 35.5 Å². The van der Waals surface area contributed by atoms with Gasteiger partial charge in [-0.05, 0) is 32.6 Å². The second-order valence-corrected chi connectivity index (χ2v) is 8.99. The molecule has 1 aliphatic carbocycles. The fourth-order valence-electron chi connectivity index (χ4n) is 4.33. The van der Waals surface area contributed by atoms with Gasteiger partial charge in [0.05, 0.1) is 0 Å². The summed E-state index contributed by atoms with van der Waals surface area (Å²) in [6.07, 6.45) is -0.824. The number of nitrogens with zero attached hydrogens (tertiary/aromatic N) is 3. The predicted molar refractivity (Wildman–Crippen MR) is 123 cm³/mol. The van der Waals surface area contributed by atoms with Crippen LogP contribution >= 0.6 is 11.8 Å². The Labute approximate surface area is 198 Å². The molecule has 2 N–H and O–H groups in total. The molecule has 0 spiro atoms. The highest BCUT2D eigenvalue weighted by molar-refractivity contribution is 7.99. The molecule has 2 amide bonds. The van der Waals surface area contributed by atoms with Gasteiger partial charge >= 0.3 is 12.1 Å². The van der Waals surface area contributed by atoms with Crippen molar-refractivity contribution < 1.29 is 28.9 Å². The maximum absolute atomic E-state index is 12.9. The number of fused-ring (bicyclic) bond motifs is 3. The van der Waals surface area contributed by atoms with Gasteiger partial charge in [-0.3, -0.25) is 10.1 Å². The van der Waals surface area contributed by atoms with Gasteiger partial charge in [-0.25, -0.2) is 14.2 Å². The van der Waals surface area contributed by atoms with E-state index in [0.29, 0.717) is 5.75 Å². The lowest BCUT2D eigenvalue weighted by molar-refractivity contribution is -0.141. The Morgan fingerprint density at radius 3 is 2.44 bits per heavy atom. The number of carboxylic acid groups (broad SMARTS) is 1. The topological polar surface area (TPSA) is 135 Å². The maximum Gasteiger partial charge on any atom is 0.412 e. The third-order valence-electron chi connectivity index (χ3n) is 5.93. The number of hydrogen-bond acceptors (Lipinski definition) is 8. The summed E-state index contributed by atoms with van der Waals surface area (Å²) in [5.41, 5.74) is 4.07. The largest absolute Gasteiger partial charge is 0.480 e. The van der Waals surface area contributed by atoms with Crippen LogP contribution in [0.3, 0.4) is 0 Å². The van der Waals surface area contributed by atoms with Gasteiger partial charge < -0.3 is 14.7 Å². The third kappa shape index (κ3) is 3.98. The van der Waals surface area contributed by atoms with Crippen LogP contribution in [0, 0.1) is 0 Å². The minimum absolute atomic E-state index is 0.0822. The molecule has 5 rings (SSSR count). The number of carbonyl (C=O) groups is 3. The molecular formula is C23H20N4O6S. The number of rotatable bonds is 5. The Morgan fingerprint density at radius 2 is 1.76 bits per heavy atom. The number of aliphatic carboxylic acids is 1. The first-order valence-corrected chi connectivity index (χ1v) is 11.8. The number of nitrogens with one attached hydrogen (secondary N) is 1. The van der Waals surface area contributed by atoms with Crippen LogP contribution in [-0.4, -0.2) is 69.0 Å². The molecule has 34 heavy (non-hydrogen) atoms. The maximum atomic E-state index is 12.9. The van der Waals surface area contributed by atoms with E-state index in [9.17, 15) is 19.5 Å². The summed E-state index contributed by atoms with van der Waals surface area (Å²) in [5.74, 6) is -1.27. The average Bonchev–Trinajstić information content (AvgIpc) is 3.44. The number of hydrogen-bond donors (Lipinski definition) is 2. The highest BCUT2D eigenvalue weighted by atomic mass is 32.2. The summed E-state index contributed by atoms with van der Waals surface area (Å²) in [4.78, 5) is 38.2. The van der Waals surface area contributed by atoms with Gasteiger partial charge in [0, 0.05) is 24.0 Å². The summed E-state index contributed by atoms with van der Waals surface area (Å²) in [5, 5.41) is 19.0. The first-order chi connectivity index (χ1) is 16.5. The third-order valence-corrected chi connectivity index (χ3v) is 6.95. The first kappa shape index (κ1) is 22.0. The highest BCUT2D eigenvalue weighted by Gasteiger charge is 2.36. The average molecular weight is 481 g/mol. The molecule has 2 aliphatic rings. The summed E-state index contributed by atoms with van der Waals surface area (Å²) in [6, 6.07) is 14.9. The van der Waals surface area contributed by atoms with Gasteiger partial charge in [-0.15, -0.1) is 0 Å². The van der Waals surface area contributed by atoms with E-state index in [-0.39, 0.29) is 36.3 Å². The lowest BCUT2D eigenvalue weighted by Crippen LogP contribution is -2.50. The van der Waals surface area contributed by atoms with E-state index in [0.717, 1.165) is 22.3 Å². The second-order valence-electron chi connectivity index (χ2n) is 7.84. The fraction of sp³-hybridized carbons (Fsp3) is 0.261. The Hall–Kier alpha value is -3.86. The first-order valence-electron chi connectivity index (χ1n) is 10.6. The van der Waals surface area contributed by atoms with E-state index < -0.39 is 24.0 Å². The predicted octanol–water partition coefficient (Wildman–Crippen LogP) is 3.07. The normalized spacial score (nSPS) is 17.1. The zero-order chi connectivity index (χ0) is 23.7. The SMILES string of the molecule is O=C(Nc1nonc1C(=O)N1CCSCC1C(=O)O)OCC1c2ccccc2-c2ccccc21. The number of carboxylic acids is 1. The van der Waals surface area contributed by atoms with Crippen molar-refractivity contribution in [2.75, 3.05) is 30.0 Å². The minimum Gasteiger partial charge on any atom is -0.480 e. The Bertz CT molecular complexity index is 1220. The van der Waals surface area contributed by atoms with E-state index in [1.54, 1.807) is 0 Å². The van der Waals surface area contributed by atoms with Crippen LogP contribution in [0.1, 0.15) is 27.5 Å². The fourth-order valence-corrected chi connectivity index (χ4v) is 5.37. The van der Waals surface area contributed by atoms with Crippen LogP contribution in [0.15, 0.2) is 53.2 Å². The molecule has 174 valence electrons. The number of thioether (sulfide) groups is 1. The number of benzene rings is 2. The molecule has 1 aliphatic heterocycles. The van der Waals surface area contributed by atoms with Crippen molar-refractivity contribution in [1.82, 2.24) is 15.2 Å². The van der Waals surface area contributed by atoms with Crippen LogP contribution < -0.4 is 5.32 Å². The van der Waals surface area contributed by atoms with Crippen molar-refractivity contribution in [3.05, 3.63) is 65.4 Å². The molecule has 3 aromatic rings. The molecule has 1 saturated heterocycles. The minimum atomic E-state index is -1.11. The van der Waals surface area contributed by atoms with Crippen molar-refractivity contribution in [2.24, 2.45) is 0 Å². The van der Waals surface area contributed by atoms with E-state index in [4.69, 9.17) is 4.74 Å². The van der Waals surface area contributed by atoms with Crippen molar-refractivity contribution in [3.8, 4) is 11.1 Å². The van der Waals surface area contributed by atoms with E-state index >= 15 is 0 Å². The Balaban J connectivity index is 1.28. The van der Waals surface area contributed by atoms with Gasteiger partial charge in [0.2, 0.25) is 11.5 Å². The van der Waals surface area contributed by atoms with Crippen molar-refractivity contribution in [1.29, 1.82) is 0 Å². The molecule has 2 aromatic carbocycles. The number of ether oxygens (including phenoxy) is 1. The molecule has 0 saturated carbocycles. The van der Waals surface area contributed by atoms with Crippen LogP contribution in [0.4, 0.5) is 10.6 Å². The number of amides is 2. The zero-order valence-corrected chi connectivity index (χ0v) is 18.7. The number of anilines is 1. The Kier molecular flexibility index (Phi) is 5.93. The smallest absolute Gasteiger partial charge is 0.412 e. The lowest BCUT2D eigenvalue weighted by Gasteiger charge is -2.31. The van der Waals surface area contributed by atoms with Gasteiger partial charge in [-0.1, -0.05) is 48.5 Å². The van der Waals surface area contributed by atoms with E-state index in [2.05, 4.69) is 20.3 Å². The molecule has 11 heteroatoms. The molecule has 1 aromatic heterocycles. The molecule has 1 unspecified atom stereocenters. The highest BCUT2D eigenvalue weighted by Crippen LogP contribution is 2.44. The molecule has 10 nitrogen and oxygen atoms in total.